The monoisotopic (exact) mass is 339 g/mol. The lowest BCUT2D eigenvalue weighted by Crippen LogP contribution is -2.36. The standard InChI is InChI=1S/C18H21N5O2/c1-13(24)21-14-6-5-7-15(10-14)22-17-11-16(19-12-20-17)18(25)23-8-3-2-4-9-23/h5-7,10-12H,2-4,8-9H2,1H3,(H,21,24)(H,19,20,22). The molecule has 130 valence electrons. The van der Waals surface area contributed by atoms with Crippen molar-refractivity contribution in [3.63, 3.8) is 0 Å². The van der Waals surface area contributed by atoms with Crippen LogP contribution in [0.15, 0.2) is 36.7 Å². The molecule has 25 heavy (non-hydrogen) atoms. The number of hydrogen-bond acceptors (Lipinski definition) is 5. The molecular weight excluding hydrogens is 318 g/mol. The van der Waals surface area contributed by atoms with E-state index in [0.717, 1.165) is 31.6 Å². The number of aromatic nitrogens is 2. The summed E-state index contributed by atoms with van der Waals surface area (Å²) in [6, 6.07) is 8.95. The van der Waals surface area contributed by atoms with Crippen molar-refractivity contribution in [2.75, 3.05) is 23.7 Å². The van der Waals surface area contributed by atoms with Gasteiger partial charge >= 0.3 is 0 Å². The predicted octanol–water partition coefficient (Wildman–Crippen LogP) is 2.80. The molecule has 7 heteroatoms. The summed E-state index contributed by atoms with van der Waals surface area (Å²) in [6.45, 7) is 3.03. The fourth-order valence-electron chi connectivity index (χ4n) is 2.83. The molecule has 3 rings (SSSR count). The Morgan fingerprint density at radius 2 is 1.80 bits per heavy atom. The highest BCUT2D eigenvalue weighted by Crippen LogP contribution is 2.20. The lowest BCUT2D eigenvalue weighted by molar-refractivity contribution is -0.114. The van der Waals surface area contributed by atoms with Gasteiger partial charge in [0.1, 0.15) is 17.8 Å². The van der Waals surface area contributed by atoms with Gasteiger partial charge < -0.3 is 15.5 Å². The molecule has 0 radical (unpaired) electrons. The number of carbonyl (C=O) groups is 2. The number of piperidine rings is 1. The summed E-state index contributed by atoms with van der Waals surface area (Å²) in [6.07, 6.45) is 4.64. The number of hydrogen-bond donors (Lipinski definition) is 2. The van der Waals surface area contributed by atoms with Gasteiger partial charge in [-0.25, -0.2) is 9.97 Å². The Hall–Kier alpha value is -2.96. The maximum atomic E-state index is 12.5. The van der Waals surface area contributed by atoms with Crippen LogP contribution < -0.4 is 10.6 Å². The molecule has 1 aliphatic rings. The highest BCUT2D eigenvalue weighted by atomic mass is 16.2. The van der Waals surface area contributed by atoms with Gasteiger partial charge in [-0.3, -0.25) is 9.59 Å². The first-order chi connectivity index (χ1) is 12.1. The van der Waals surface area contributed by atoms with Crippen LogP contribution in [0.5, 0.6) is 0 Å². The minimum absolute atomic E-state index is 0.0582. The fourth-order valence-corrected chi connectivity index (χ4v) is 2.83. The van der Waals surface area contributed by atoms with E-state index in [2.05, 4.69) is 20.6 Å². The lowest BCUT2D eigenvalue weighted by Gasteiger charge is -2.26. The quantitative estimate of drug-likeness (QED) is 0.894. The molecule has 0 bridgehead atoms. The molecule has 0 aliphatic carbocycles. The minimum Gasteiger partial charge on any atom is -0.340 e. The summed E-state index contributed by atoms with van der Waals surface area (Å²) in [5.41, 5.74) is 1.84. The zero-order chi connectivity index (χ0) is 17.6. The van der Waals surface area contributed by atoms with Crippen molar-refractivity contribution in [1.82, 2.24) is 14.9 Å². The van der Waals surface area contributed by atoms with E-state index in [-0.39, 0.29) is 11.8 Å². The summed E-state index contributed by atoms with van der Waals surface area (Å²) in [4.78, 5) is 33.8. The molecule has 1 aliphatic heterocycles. The molecule has 1 aromatic heterocycles. The Balaban J connectivity index is 1.73. The first kappa shape index (κ1) is 16.9. The maximum absolute atomic E-state index is 12.5. The van der Waals surface area contributed by atoms with Gasteiger partial charge in [0, 0.05) is 37.5 Å². The summed E-state index contributed by atoms with van der Waals surface area (Å²) in [5.74, 6) is 0.348. The van der Waals surface area contributed by atoms with Gasteiger partial charge in [-0.05, 0) is 37.5 Å². The molecule has 7 nitrogen and oxygen atoms in total. The number of anilines is 3. The van der Waals surface area contributed by atoms with Crippen molar-refractivity contribution in [2.24, 2.45) is 0 Å². The third kappa shape index (κ3) is 4.53. The molecule has 2 N–H and O–H groups in total. The molecule has 2 heterocycles. The lowest BCUT2D eigenvalue weighted by atomic mass is 10.1. The molecule has 2 aromatic rings. The third-order valence-electron chi connectivity index (χ3n) is 3.98. The predicted molar refractivity (Wildman–Crippen MR) is 95.8 cm³/mol. The summed E-state index contributed by atoms with van der Waals surface area (Å²) < 4.78 is 0. The summed E-state index contributed by atoms with van der Waals surface area (Å²) in [5, 5.41) is 5.87. The highest BCUT2D eigenvalue weighted by Gasteiger charge is 2.19. The van der Waals surface area contributed by atoms with Crippen LogP contribution in [-0.4, -0.2) is 39.8 Å². The molecule has 2 amide bonds. The van der Waals surface area contributed by atoms with Crippen LogP contribution in [0.1, 0.15) is 36.7 Å². The van der Waals surface area contributed by atoms with E-state index < -0.39 is 0 Å². The normalized spacial score (nSPS) is 14.0. The number of likely N-dealkylation sites (tertiary alicyclic amines) is 1. The van der Waals surface area contributed by atoms with Crippen molar-refractivity contribution >= 4 is 29.0 Å². The van der Waals surface area contributed by atoms with E-state index in [4.69, 9.17) is 0 Å². The van der Waals surface area contributed by atoms with Gasteiger partial charge in [-0.15, -0.1) is 0 Å². The van der Waals surface area contributed by atoms with Crippen molar-refractivity contribution in [1.29, 1.82) is 0 Å². The molecule has 1 aromatic carbocycles. The molecule has 0 atom stereocenters. The Bertz CT molecular complexity index is 772. The minimum atomic E-state index is -0.131. The number of amides is 2. The molecule has 0 spiro atoms. The first-order valence-electron chi connectivity index (χ1n) is 8.38. The van der Waals surface area contributed by atoms with Gasteiger partial charge in [0.2, 0.25) is 5.91 Å². The van der Waals surface area contributed by atoms with E-state index in [0.29, 0.717) is 17.2 Å². The van der Waals surface area contributed by atoms with Crippen LogP contribution in [0.2, 0.25) is 0 Å². The van der Waals surface area contributed by atoms with E-state index in [9.17, 15) is 9.59 Å². The van der Waals surface area contributed by atoms with Crippen molar-refractivity contribution in [3.8, 4) is 0 Å². The molecule has 0 unspecified atom stereocenters. The summed E-state index contributed by atoms with van der Waals surface area (Å²) in [7, 11) is 0. The second-order valence-electron chi connectivity index (χ2n) is 6.03. The number of benzene rings is 1. The van der Waals surface area contributed by atoms with Gasteiger partial charge in [-0.1, -0.05) is 6.07 Å². The zero-order valence-corrected chi connectivity index (χ0v) is 14.2. The molecular formula is C18H21N5O2. The average molecular weight is 339 g/mol. The zero-order valence-electron chi connectivity index (χ0n) is 14.2. The van der Waals surface area contributed by atoms with Gasteiger partial charge in [0.15, 0.2) is 0 Å². The van der Waals surface area contributed by atoms with Crippen LogP contribution in [-0.2, 0) is 4.79 Å². The Morgan fingerprint density at radius 3 is 2.56 bits per heavy atom. The second kappa shape index (κ2) is 7.74. The highest BCUT2D eigenvalue weighted by molar-refractivity contribution is 5.93. The number of carbonyl (C=O) groups excluding carboxylic acids is 2. The Labute approximate surface area is 146 Å². The van der Waals surface area contributed by atoms with Crippen LogP contribution in [0.4, 0.5) is 17.2 Å². The number of rotatable bonds is 4. The smallest absolute Gasteiger partial charge is 0.272 e. The SMILES string of the molecule is CC(=O)Nc1cccc(Nc2cc(C(=O)N3CCCCC3)ncn2)c1. The summed E-state index contributed by atoms with van der Waals surface area (Å²) >= 11 is 0. The average Bonchev–Trinajstić information content (AvgIpc) is 2.62. The fraction of sp³-hybridized carbons (Fsp3) is 0.333. The van der Waals surface area contributed by atoms with Crippen LogP contribution >= 0.6 is 0 Å². The maximum Gasteiger partial charge on any atom is 0.272 e. The number of nitrogens with zero attached hydrogens (tertiary/aromatic N) is 3. The van der Waals surface area contributed by atoms with E-state index in [1.165, 1.54) is 19.7 Å². The van der Waals surface area contributed by atoms with Gasteiger partial charge in [-0.2, -0.15) is 0 Å². The topological polar surface area (TPSA) is 87.2 Å². The van der Waals surface area contributed by atoms with E-state index >= 15 is 0 Å². The van der Waals surface area contributed by atoms with Crippen LogP contribution in [0.3, 0.4) is 0 Å². The van der Waals surface area contributed by atoms with Gasteiger partial charge in [0.25, 0.3) is 5.91 Å². The van der Waals surface area contributed by atoms with Crippen molar-refractivity contribution in [2.45, 2.75) is 26.2 Å². The number of nitrogens with one attached hydrogen (secondary N) is 2. The largest absolute Gasteiger partial charge is 0.340 e. The molecule has 1 fully saturated rings. The molecule has 0 saturated carbocycles. The first-order valence-corrected chi connectivity index (χ1v) is 8.38. The van der Waals surface area contributed by atoms with Crippen molar-refractivity contribution < 1.29 is 9.59 Å². The van der Waals surface area contributed by atoms with E-state index in [1.54, 1.807) is 18.2 Å². The molecule has 1 saturated heterocycles. The second-order valence-corrected chi connectivity index (χ2v) is 6.03. The van der Waals surface area contributed by atoms with Crippen molar-refractivity contribution in [3.05, 3.63) is 42.4 Å². The Kier molecular flexibility index (Phi) is 5.23. The van der Waals surface area contributed by atoms with E-state index in [1.807, 2.05) is 17.0 Å². The third-order valence-corrected chi connectivity index (χ3v) is 3.98. The van der Waals surface area contributed by atoms with Crippen LogP contribution in [0, 0.1) is 0 Å². The Morgan fingerprint density at radius 1 is 1.04 bits per heavy atom. The van der Waals surface area contributed by atoms with Crippen LogP contribution in [0.25, 0.3) is 0 Å². The van der Waals surface area contributed by atoms with Gasteiger partial charge in [0.05, 0.1) is 0 Å².